The SMILES string of the molecule is Cc1cc(C)c2[nH]c(=O)c(C(c3nnnn3CC3CCCO3)N3CCN(c4cccc(C)c4C)CC3)cc2c1. The Morgan fingerprint density at radius 3 is 2.64 bits per heavy atom. The van der Waals surface area contributed by atoms with Crippen LogP contribution in [0.5, 0.6) is 0 Å². The summed E-state index contributed by atoms with van der Waals surface area (Å²) in [4.78, 5) is 21.7. The number of ether oxygens (including phenoxy) is 1. The van der Waals surface area contributed by atoms with Crippen LogP contribution in [-0.4, -0.2) is 69.0 Å². The lowest BCUT2D eigenvalue weighted by Gasteiger charge is -2.40. The number of nitrogens with one attached hydrogen (secondary N) is 1. The zero-order chi connectivity index (χ0) is 27.1. The Labute approximate surface area is 228 Å². The number of pyridine rings is 1. The summed E-state index contributed by atoms with van der Waals surface area (Å²) >= 11 is 0. The molecule has 2 fully saturated rings. The second-order valence-corrected chi connectivity index (χ2v) is 11.1. The van der Waals surface area contributed by atoms with Gasteiger partial charge < -0.3 is 14.6 Å². The Hall–Kier alpha value is -3.56. The zero-order valence-corrected chi connectivity index (χ0v) is 23.3. The third kappa shape index (κ3) is 4.96. The first kappa shape index (κ1) is 25.7. The highest BCUT2D eigenvalue weighted by Gasteiger charge is 2.34. The maximum absolute atomic E-state index is 13.7. The van der Waals surface area contributed by atoms with Crippen molar-refractivity contribution >= 4 is 16.6 Å². The zero-order valence-electron chi connectivity index (χ0n) is 23.3. The smallest absolute Gasteiger partial charge is 0.253 e. The monoisotopic (exact) mass is 527 g/mol. The number of hydrogen-bond donors (Lipinski definition) is 1. The van der Waals surface area contributed by atoms with E-state index in [4.69, 9.17) is 4.74 Å². The summed E-state index contributed by atoms with van der Waals surface area (Å²) in [5.41, 5.74) is 7.60. The summed E-state index contributed by atoms with van der Waals surface area (Å²) in [5, 5.41) is 14.0. The fourth-order valence-electron chi connectivity index (χ4n) is 6.22. The quantitative estimate of drug-likeness (QED) is 0.407. The number of nitrogens with zero attached hydrogens (tertiary/aromatic N) is 6. The molecule has 2 unspecified atom stereocenters. The lowest BCUT2D eigenvalue weighted by atomic mass is 10.00. The lowest BCUT2D eigenvalue weighted by molar-refractivity contribution is 0.0906. The van der Waals surface area contributed by atoms with Gasteiger partial charge >= 0.3 is 0 Å². The van der Waals surface area contributed by atoms with E-state index < -0.39 is 0 Å². The molecule has 2 aliphatic heterocycles. The molecule has 2 aliphatic rings. The van der Waals surface area contributed by atoms with Crippen LogP contribution in [-0.2, 0) is 11.3 Å². The van der Waals surface area contributed by atoms with Gasteiger partial charge in [-0.1, -0.05) is 23.8 Å². The maximum atomic E-state index is 13.7. The summed E-state index contributed by atoms with van der Waals surface area (Å²) in [5.74, 6) is 0.694. The Morgan fingerprint density at radius 2 is 1.87 bits per heavy atom. The summed E-state index contributed by atoms with van der Waals surface area (Å²) in [6, 6.07) is 12.4. The van der Waals surface area contributed by atoms with Gasteiger partial charge in [-0.3, -0.25) is 9.69 Å². The molecule has 39 heavy (non-hydrogen) atoms. The van der Waals surface area contributed by atoms with E-state index in [1.165, 1.54) is 22.4 Å². The van der Waals surface area contributed by atoms with Crippen LogP contribution in [0.15, 0.2) is 41.2 Å². The molecule has 204 valence electrons. The molecule has 4 aromatic rings. The third-order valence-electron chi connectivity index (χ3n) is 8.42. The largest absolute Gasteiger partial charge is 0.376 e. The molecule has 1 N–H and O–H groups in total. The van der Waals surface area contributed by atoms with Crippen molar-refractivity contribution in [2.75, 3.05) is 37.7 Å². The minimum absolute atomic E-state index is 0.0919. The van der Waals surface area contributed by atoms with Crippen molar-refractivity contribution in [1.29, 1.82) is 0 Å². The number of aromatic amines is 1. The van der Waals surface area contributed by atoms with Crippen LogP contribution >= 0.6 is 0 Å². The van der Waals surface area contributed by atoms with Crippen LogP contribution in [0.3, 0.4) is 0 Å². The minimum Gasteiger partial charge on any atom is -0.376 e. The number of aryl methyl sites for hydroxylation is 3. The number of aromatic nitrogens is 5. The number of piperazine rings is 1. The molecule has 9 heteroatoms. The summed E-state index contributed by atoms with van der Waals surface area (Å²) in [6.07, 6.45) is 2.14. The number of rotatable bonds is 6. The second-order valence-electron chi connectivity index (χ2n) is 11.1. The average molecular weight is 528 g/mol. The maximum Gasteiger partial charge on any atom is 0.253 e. The highest BCUT2D eigenvalue weighted by atomic mass is 16.5. The molecule has 0 saturated carbocycles. The molecule has 2 saturated heterocycles. The predicted octanol–water partition coefficient (Wildman–Crippen LogP) is 3.84. The summed E-state index contributed by atoms with van der Waals surface area (Å²) < 4.78 is 7.75. The van der Waals surface area contributed by atoms with Crippen LogP contribution in [0.1, 0.15) is 52.5 Å². The number of hydrogen-bond acceptors (Lipinski definition) is 7. The molecular weight excluding hydrogens is 490 g/mol. The summed E-state index contributed by atoms with van der Waals surface area (Å²) in [7, 11) is 0. The molecule has 0 radical (unpaired) electrons. The van der Waals surface area contributed by atoms with Crippen LogP contribution < -0.4 is 10.5 Å². The number of H-pyrrole nitrogens is 1. The molecular formula is C30H37N7O2. The van der Waals surface area contributed by atoms with Gasteiger partial charge in [-0.2, -0.15) is 0 Å². The average Bonchev–Trinajstić information content (AvgIpc) is 3.60. The molecule has 6 rings (SSSR count). The third-order valence-corrected chi connectivity index (χ3v) is 8.42. The van der Waals surface area contributed by atoms with Gasteiger partial charge in [0.2, 0.25) is 0 Å². The van der Waals surface area contributed by atoms with Crippen LogP contribution in [0.2, 0.25) is 0 Å². The van der Waals surface area contributed by atoms with Crippen LogP contribution in [0, 0.1) is 27.7 Å². The molecule has 0 amide bonds. The molecule has 0 spiro atoms. The molecule has 4 heterocycles. The van der Waals surface area contributed by atoms with Gasteiger partial charge in [-0.05, 0) is 91.2 Å². The number of tetrazole rings is 1. The van der Waals surface area contributed by atoms with Crippen molar-refractivity contribution in [2.24, 2.45) is 0 Å². The van der Waals surface area contributed by atoms with Crippen LogP contribution in [0.4, 0.5) is 5.69 Å². The van der Waals surface area contributed by atoms with Gasteiger partial charge in [0.15, 0.2) is 5.82 Å². The molecule has 2 aromatic heterocycles. The normalized spacial score (nSPS) is 19.2. The van der Waals surface area contributed by atoms with E-state index in [0.29, 0.717) is 17.9 Å². The van der Waals surface area contributed by atoms with Gasteiger partial charge in [-0.15, -0.1) is 5.10 Å². The molecule has 2 aromatic carbocycles. The predicted molar refractivity (Wildman–Crippen MR) is 152 cm³/mol. The van der Waals surface area contributed by atoms with Gasteiger partial charge in [-0.25, -0.2) is 4.68 Å². The van der Waals surface area contributed by atoms with E-state index in [-0.39, 0.29) is 17.7 Å². The van der Waals surface area contributed by atoms with E-state index in [2.05, 4.69) is 81.4 Å². The van der Waals surface area contributed by atoms with E-state index in [9.17, 15) is 4.79 Å². The molecule has 9 nitrogen and oxygen atoms in total. The van der Waals surface area contributed by atoms with Gasteiger partial charge in [0.05, 0.1) is 18.2 Å². The van der Waals surface area contributed by atoms with Crippen molar-refractivity contribution in [2.45, 2.75) is 59.2 Å². The highest BCUT2D eigenvalue weighted by Crippen LogP contribution is 2.31. The molecule has 0 bridgehead atoms. The van der Waals surface area contributed by atoms with Crippen molar-refractivity contribution in [1.82, 2.24) is 30.1 Å². The van der Waals surface area contributed by atoms with Crippen LogP contribution in [0.25, 0.3) is 10.9 Å². The van der Waals surface area contributed by atoms with Crippen molar-refractivity contribution in [3.63, 3.8) is 0 Å². The Morgan fingerprint density at radius 1 is 1.05 bits per heavy atom. The van der Waals surface area contributed by atoms with E-state index in [1.54, 1.807) is 0 Å². The van der Waals surface area contributed by atoms with Gasteiger partial charge in [0, 0.05) is 44.0 Å². The topological polar surface area (TPSA) is 92.2 Å². The molecule has 0 aliphatic carbocycles. The fourth-order valence-corrected chi connectivity index (χ4v) is 6.22. The van der Waals surface area contributed by atoms with Crippen molar-refractivity contribution in [3.05, 3.63) is 80.4 Å². The number of fused-ring (bicyclic) bond motifs is 1. The second kappa shape index (κ2) is 10.5. The Balaban J connectivity index is 1.38. The summed E-state index contributed by atoms with van der Waals surface area (Å²) in [6.45, 7) is 13.1. The number of anilines is 1. The Bertz CT molecular complexity index is 1540. The van der Waals surface area contributed by atoms with Crippen molar-refractivity contribution in [3.8, 4) is 0 Å². The van der Waals surface area contributed by atoms with E-state index in [0.717, 1.165) is 62.1 Å². The lowest BCUT2D eigenvalue weighted by Crippen LogP contribution is -2.49. The first-order valence-corrected chi connectivity index (χ1v) is 14.0. The van der Waals surface area contributed by atoms with Gasteiger partial charge in [0.1, 0.15) is 6.04 Å². The minimum atomic E-state index is -0.365. The van der Waals surface area contributed by atoms with E-state index in [1.807, 2.05) is 17.7 Å². The first-order valence-electron chi connectivity index (χ1n) is 14.0. The highest BCUT2D eigenvalue weighted by molar-refractivity contribution is 5.83. The van der Waals surface area contributed by atoms with E-state index >= 15 is 0 Å². The first-order chi connectivity index (χ1) is 18.9. The van der Waals surface area contributed by atoms with Gasteiger partial charge in [0.25, 0.3) is 5.56 Å². The standard InChI is InChI=1S/C30H37N7O2/c1-19-15-21(3)27-23(16-19)17-25(30(38)31-27)28(29-32-33-34-37(29)18-24-8-6-14-39-24)36-12-10-35(11-13-36)26-9-5-7-20(2)22(26)4/h5,7,9,15-17,24,28H,6,8,10-14,18H2,1-4H3,(H,31,38). The Kier molecular flexibility index (Phi) is 6.95. The fraction of sp³-hybridized carbons (Fsp3) is 0.467. The number of benzene rings is 2. The molecule has 2 atom stereocenters. The van der Waals surface area contributed by atoms with Crippen molar-refractivity contribution < 1.29 is 4.74 Å².